The maximum atomic E-state index is 12.9. The van der Waals surface area contributed by atoms with E-state index in [4.69, 9.17) is 0 Å². The van der Waals surface area contributed by atoms with Crippen molar-refractivity contribution < 1.29 is 9.18 Å². The highest BCUT2D eigenvalue weighted by Crippen LogP contribution is 2.29. The van der Waals surface area contributed by atoms with E-state index in [1.165, 1.54) is 12.1 Å². The molecule has 0 spiro atoms. The van der Waals surface area contributed by atoms with Crippen LogP contribution >= 0.6 is 15.9 Å². The van der Waals surface area contributed by atoms with Gasteiger partial charge in [-0.05, 0) is 30.7 Å². The first kappa shape index (κ1) is 12.7. The van der Waals surface area contributed by atoms with Crippen LogP contribution in [0.2, 0.25) is 0 Å². The number of ketones is 1. The number of hydrogen-bond acceptors (Lipinski definition) is 2. The van der Waals surface area contributed by atoms with Gasteiger partial charge in [0.1, 0.15) is 11.6 Å². The highest BCUT2D eigenvalue weighted by Gasteiger charge is 2.35. The molecule has 17 heavy (non-hydrogen) atoms. The van der Waals surface area contributed by atoms with Crippen LogP contribution < -0.4 is 5.32 Å². The van der Waals surface area contributed by atoms with Crippen LogP contribution in [0.1, 0.15) is 18.9 Å². The molecule has 1 aromatic rings. The van der Waals surface area contributed by atoms with E-state index in [0.29, 0.717) is 10.9 Å². The summed E-state index contributed by atoms with van der Waals surface area (Å²) >= 11 is 3.29. The molecule has 0 bridgehead atoms. The SMILES string of the molecule is CC1(C(=O)Cc2ccc(F)cc2Br)CCNC1. The summed E-state index contributed by atoms with van der Waals surface area (Å²) in [7, 11) is 0. The molecule has 1 aliphatic rings. The molecule has 0 amide bonds. The predicted molar refractivity (Wildman–Crippen MR) is 68.4 cm³/mol. The highest BCUT2D eigenvalue weighted by molar-refractivity contribution is 9.10. The van der Waals surface area contributed by atoms with Gasteiger partial charge in [0.2, 0.25) is 0 Å². The second-order valence-corrected chi connectivity index (χ2v) is 5.68. The summed E-state index contributed by atoms with van der Waals surface area (Å²) in [6.07, 6.45) is 1.24. The van der Waals surface area contributed by atoms with Gasteiger partial charge in [0.15, 0.2) is 0 Å². The van der Waals surface area contributed by atoms with E-state index in [9.17, 15) is 9.18 Å². The van der Waals surface area contributed by atoms with E-state index in [1.54, 1.807) is 6.07 Å². The van der Waals surface area contributed by atoms with Crippen LogP contribution in [0, 0.1) is 11.2 Å². The van der Waals surface area contributed by atoms with E-state index < -0.39 is 0 Å². The van der Waals surface area contributed by atoms with Gasteiger partial charge < -0.3 is 5.32 Å². The molecule has 92 valence electrons. The van der Waals surface area contributed by atoms with Crippen LogP contribution in [-0.2, 0) is 11.2 Å². The van der Waals surface area contributed by atoms with E-state index >= 15 is 0 Å². The van der Waals surface area contributed by atoms with Crippen molar-refractivity contribution >= 4 is 21.7 Å². The lowest BCUT2D eigenvalue weighted by molar-refractivity contribution is -0.126. The quantitative estimate of drug-likeness (QED) is 0.930. The molecule has 1 N–H and O–H groups in total. The number of carbonyl (C=O) groups excluding carboxylic acids is 1. The van der Waals surface area contributed by atoms with Gasteiger partial charge in [-0.25, -0.2) is 4.39 Å². The molecular weight excluding hydrogens is 285 g/mol. The minimum absolute atomic E-state index is 0.217. The minimum atomic E-state index is -0.290. The summed E-state index contributed by atoms with van der Waals surface area (Å²) in [5.74, 6) is -0.0726. The Kier molecular flexibility index (Phi) is 3.64. The number of halogens is 2. The zero-order valence-corrected chi connectivity index (χ0v) is 11.3. The topological polar surface area (TPSA) is 29.1 Å². The first-order valence-corrected chi connectivity index (χ1v) is 6.48. The third kappa shape index (κ3) is 2.75. The smallest absolute Gasteiger partial charge is 0.144 e. The number of rotatable bonds is 3. The third-order valence-corrected chi connectivity index (χ3v) is 4.15. The molecule has 0 saturated carbocycles. The van der Waals surface area contributed by atoms with E-state index in [-0.39, 0.29) is 17.0 Å². The van der Waals surface area contributed by atoms with Crippen molar-refractivity contribution in [2.24, 2.45) is 5.41 Å². The maximum Gasteiger partial charge on any atom is 0.144 e. The average Bonchev–Trinajstić information content (AvgIpc) is 2.71. The van der Waals surface area contributed by atoms with Crippen molar-refractivity contribution in [3.8, 4) is 0 Å². The molecule has 1 heterocycles. The third-order valence-electron chi connectivity index (χ3n) is 3.41. The normalized spacial score (nSPS) is 23.9. The van der Waals surface area contributed by atoms with Gasteiger partial charge >= 0.3 is 0 Å². The van der Waals surface area contributed by atoms with Crippen LogP contribution in [0.15, 0.2) is 22.7 Å². The fourth-order valence-electron chi connectivity index (χ4n) is 2.11. The van der Waals surface area contributed by atoms with Crippen LogP contribution in [-0.4, -0.2) is 18.9 Å². The van der Waals surface area contributed by atoms with Gasteiger partial charge in [0.05, 0.1) is 0 Å². The number of Topliss-reactive ketones (excluding diaryl/α,β-unsaturated/α-hetero) is 1. The second kappa shape index (κ2) is 4.86. The van der Waals surface area contributed by atoms with Crippen molar-refractivity contribution in [1.82, 2.24) is 5.32 Å². The van der Waals surface area contributed by atoms with Gasteiger partial charge in [0, 0.05) is 22.9 Å². The Morgan fingerprint density at radius 2 is 2.35 bits per heavy atom. The molecule has 1 aliphatic heterocycles. The molecule has 2 rings (SSSR count). The van der Waals surface area contributed by atoms with Crippen molar-refractivity contribution in [3.05, 3.63) is 34.1 Å². The number of nitrogens with one attached hydrogen (secondary N) is 1. The van der Waals surface area contributed by atoms with Crippen LogP contribution in [0.3, 0.4) is 0 Å². The van der Waals surface area contributed by atoms with E-state index in [2.05, 4.69) is 21.2 Å². The Labute approximate surface area is 109 Å². The van der Waals surface area contributed by atoms with Crippen molar-refractivity contribution in [2.45, 2.75) is 19.8 Å². The van der Waals surface area contributed by atoms with E-state index in [0.717, 1.165) is 25.1 Å². The summed E-state index contributed by atoms with van der Waals surface area (Å²) in [4.78, 5) is 12.2. The molecule has 1 aromatic carbocycles. The van der Waals surface area contributed by atoms with Gasteiger partial charge in [-0.15, -0.1) is 0 Å². The summed E-state index contributed by atoms with van der Waals surface area (Å²) < 4.78 is 13.6. The maximum absolute atomic E-state index is 12.9. The zero-order valence-electron chi connectivity index (χ0n) is 9.72. The number of benzene rings is 1. The highest BCUT2D eigenvalue weighted by atomic mass is 79.9. The molecule has 0 aromatic heterocycles. The molecule has 1 fully saturated rings. The summed E-state index contributed by atoms with van der Waals surface area (Å²) in [6.45, 7) is 3.63. The van der Waals surface area contributed by atoms with Gasteiger partial charge in [0.25, 0.3) is 0 Å². The monoisotopic (exact) mass is 299 g/mol. The lowest BCUT2D eigenvalue weighted by atomic mass is 9.82. The Bertz CT molecular complexity index is 441. The van der Waals surface area contributed by atoms with E-state index in [1.807, 2.05) is 6.92 Å². The molecule has 4 heteroatoms. The fraction of sp³-hybridized carbons (Fsp3) is 0.462. The Morgan fingerprint density at radius 1 is 1.59 bits per heavy atom. The summed E-state index contributed by atoms with van der Waals surface area (Å²) in [6, 6.07) is 4.46. The minimum Gasteiger partial charge on any atom is -0.316 e. The van der Waals surface area contributed by atoms with Crippen molar-refractivity contribution in [3.63, 3.8) is 0 Å². The first-order chi connectivity index (χ1) is 8.01. The lowest BCUT2D eigenvalue weighted by Gasteiger charge is -2.21. The number of carbonyl (C=O) groups is 1. The molecule has 2 nitrogen and oxygen atoms in total. The molecule has 1 unspecified atom stereocenters. The van der Waals surface area contributed by atoms with Crippen LogP contribution in [0.25, 0.3) is 0 Å². The molecule has 0 radical (unpaired) electrons. The van der Waals surface area contributed by atoms with Gasteiger partial charge in [-0.1, -0.05) is 28.9 Å². The second-order valence-electron chi connectivity index (χ2n) is 4.82. The summed E-state index contributed by atoms with van der Waals surface area (Å²) in [5, 5.41) is 3.21. The van der Waals surface area contributed by atoms with Gasteiger partial charge in [-0.2, -0.15) is 0 Å². The van der Waals surface area contributed by atoms with Crippen LogP contribution in [0.4, 0.5) is 4.39 Å². The molecule has 1 atom stereocenters. The Morgan fingerprint density at radius 3 is 2.94 bits per heavy atom. The molecular formula is C13H15BrFNO. The molecule has 0 aliphatic carbocycles. The van der Waals surface area contributed by atoms with Crippen LogP contribution in [0.5, 0.6) is 0 Å². The van der Waals surface area contributed by atoms with Crippen molar-refractivity contribution in [2.75, 3.05) is 13.1 Å². The fourth-order valence-corrected chi connectivity index (χ4v) is 2.60. The number of hydrogen-bond donors (Lipinski definition) is 1. The zero-order chi connectivity index (χ0) is 12.5. The Balaban J connectivity index is 2.13. The lowest BCUT2D eigenvalue weighted by Crippen LogP contribution is -2.31. The van der Waals surface area contributed by atoms with Crippen molar-refractivity contribution in [1.29, 1.82) is 0 Å². The average molecular weight is 300 g/mol. The van der Waals surface area contributed by atoms with Gasteiger partial charge in [-0.3, -0.25) is 4.79 Å². The Hall–Kier alpha value is -0.740. The first-order valence-electron chi connectivity index (χ1n) is 5.69. The molecule has 1 saturated heterocycles. The predicted octanol–water partition coefficient (Wildman–Crippen LogP) is 2.70. The standard InChI is InChI=1S/C13H15BrFNO/c1-13(4-5-16-8-13)12(17)6-9-2-3-10(15)7-11(9)14/h2-3,7,16H,4-6,8H2,1H3. The summed E-state index contributed by atoms with van der Waals surface area (Å²) in [5.41, 5.74) is 0.581. The largest absolute Gasteiger partial charge is 0.316 e.